The van der Waals surface area contributed by atoms with E-state index in [-0.39, 0.29) is 0 Å². The zero-order valence-electron chi connectivity index (χ0n) is 7.04. The summed E-state index contributed by atoms with van der Waals surface area (Å²) in [5.41, 5.74) is 2.26. The third-order valence-corrected chi connectivity index (χ3v) is 2.28. The van der Waals surface area contributed by atoms with Gasteiger partial charge in [-0.25, -0.2) is 4.99 Å². The highest BCUT2D eigenvalue weighted by Gasteiger charge is 2.11. The molecule has 0 saturated heterocycles. The van der Waals surface area contributed by atoms with Crippen molar-refractivity contribution in [2.75, 3.05) is 11.9 Å². The Kier molecular flexibility index (Phi) is 1.22. The Morgan fingerprint density at radius 2 is 2.15 bits per heavy atom. The van der Waals surface area contributed by atoms with Gasteiger partial charge in [-0.05, 0) is 6.07 Å². The van der Waals surface area contributed by atoms with Crippen LogP contribution in [0.2, 0.25) is 0 Å². The lowest BCUT2D eigenvalue weighted by Gasteiger charge is -2.06. The van der Waals surface area contributed by atoms with E-state index in [9.17, 15) is 0 Å². The molecule has 1 aliphatic rings. The van der Waals surface area contributed by atoms with E-state index in [4.69, 9.17) is 0 Å². The van der Waals surface area contributed by atoms with Gasteiger partial charge in [0.15, 0.2) is 5.82 Å². The molecular formula is C10H9N3. The van der Waals surface area contributed by atoms with Gasteiger partial charge in [0.1, 0.15) is 0 Å². The lowest BCUT2D eigenvalue weighted by atomic mass is 10.2. The van der Waals surface area contributed by atoms with E-state index in [1.165, 1.54) is 5.39 Å². The fraction of sp³-hybridized carbons (Fsp3) is 0.100. The number of nitrogens with one attached hydrogen (secondary N) is 2. The minimum Gasteiger partial charge on any atom is -0.376 e. The number of anilines is 1. The second-order valence-corrected chi connectivity index (χ2v) is 3.09. The molecule has 0 unspecified atom stereocenters. The first kappa shape index (κ1) is 6.71. The average Bonchev–Trinajstić information content (AvgIpc) is 2.56. The summed E-state index contributed by atoms with van der Waals surface area (Å²) in [6, 6.07) is 8.22. The number of nitrogens with zero attached hydrogens (tertiary/aromatic N) is 1. The maximum absolute atomic E-state index is 4.29. The summed E-state index contributed by atoms with van der Waals surface area (Å²) >= 11 is 0. The molecule has 2 heterocycles. The van der Waals surface area contributed by atoms with Gasteiger partial charge in [0.25, 0.3) is 0 Å². The predicted molar refractivity (Wildman–Crippen MR) is 54.9 cm³/mol. The molecule has 0 aliphatic carbocycles. The van der Waals surface area contributed by atoms with Crippen LogP contribution in [0.5, 0.6) is 0 Å². The number of hydrogen-bond acceptors (Lipinski definition) is 2. The zero-order valence-corrected chi connectivity index (χ0v) is 7.04. The summed E-state index contributed by atoms with van der Waals surface area (Å²) in [4.78, 5) is 7.54. The van der Waals surface area contributed by atoms with Gasteiger partial charge in [0.05, 0.1) is 12.2 Å². The summed E-state index contributed by atoms with van der Waals surface area (Å²) in [5.74, 6) is 0.937. The molecule has 3 rings (SSSR count). The third-order valence-electron chi connectivity index (χ3n) is 2.28. The highest BCUT2D eigenvalue weighted by Crippen LogP contribution is 2.34. The molecule has 2 N–H and O–H groups in total. The third kappa shape index (κ3) is 0.869. The van der Waals surface area contributed by atoms with Crippen molar-refractivity contribution in [3.05, 3.63) is 24.3 Å². The molecule has 1 aromatic carbocycles. The number of para-hydroxylation sites is 1. The van der Waals surface area contributed by atoms with Crippen LogP contribution in [-0.4, -0.2) is 17.7 Å². The minimum atomic E-state index is 0.814. The molecule has 0 saturated carbocycles. The van der Waals surface area contributed by atoms with E-state index in [2.05, 4.69) is 27.4 Å². The summed E-state index contributed by atoms with van der Waals surface area (Å²) in [5, 5.41) is 4.52. The maximum atomic E-state index is 4.29. The van der Waals surface area contributed by atoms with Crippen molar-refractivity contribution >= 4 is 28.6 Å². The van der Waals surface area contributed by atoms with Crippen molar-refractivity contribution in [2.24, 2.45) is 4.99 Å². The summed E-state index contributed by atoms with van der Waals surface area (Å²) in [6.07, 6.45) is 1.87. The molecule has 3 nitrogen and oxygen atoms in total. The average molecular weight is 171 g/mol. The van der Waals surface area contributed by atoms with Gasteiger partial charge < -0.3 is 10.3 Å². The molecule has 64 valence electrons. The Labute approximate surface area is 75.5 Å². The van der Waals surface area contributed by atoms with Crippen LogP contribution in [0.15, 0.2) is 29.3 Å². The number of H-pyrrole nitrogens is 1. The largest absolute Gasteiger partial charge is 0.376 e. The maximum Gasteiger partial charge on any atom is 0.154 e. The van der Waals surface area contributed by atoms with Crippen LogP contribution in [0.4, 0.5) is 11.5 Å². The zero-order chi connectivity index (χ0) is 8.67. The standard InChI is InChI=1S/C10H9N3/c1-2-4-8-7(3-1)9-10(13-8)12-6-5-11-9/h1-4,6,11,13H,5H2. The van der Waals surface area contributed by atoms with Crippen molar-refractivity contribution in [1.29, 1.82) is 0 Å². The first-order valence-corrected chi connectivity index (χ1v) is 4.32. The van der Waals surface area contributed by atoms with Crippen LogP contribution >= 0.6 is 0 Å². The number of hydrogen-bond donors (Lipinski definition) is 2. The Balaban J connectivity index is 2.41. The molecule has 0 radical (unpaired) electrons. The first-order valence-electron chi connectivity index (χ1n) is 4.32. The van der Waals surface area contributed by atoms with Crippen LogP contribution in [0.25, 0.3) is 10.9 Å². The molecular weight excluding hydrogens is 162 g/mol. The Morgan fingerprint density at radius 1 is 1.23 bits per heavy atom. The van der Waals surface area contributed by atoms with Crippen molar-refractivity contribution in [3.63, 3.8) is 0 Å². The van der Waals surface area contributed by atoms with Crippen molar-refractivity contribution in [1.82, 2.24) is 4.98 Å². The smallest absolute Gasteiger partial charge is 0.154 e. The van der Waals surface area contributed by atoms with Gasteiger partial charge in [-0.3, -0.25) is 0 Å². The number of benzene rings is 1. The minimum absolute atomic E-state index is 0.814. The van der Waals surface area contributed by atoms with Gasteiger partial charge in [-0.1, -0.05) is 18.2 Å². The number of fused-ring (bicyclic) bond motifs is 3. The lowest BCUT2D eigenvalue weighted by molar-refractivity contribution is 1.30. The number of aromatic amines is 1. The molecule has 3 heteroatoms. The fourth-order valence-electron chi connectivity index (χ4n) is 1.69. The first-order chi connectivity index (χ1) is 6.45. The van der Waals surface area contributed by atoms with Crippen LogP contribution < -0.4 is 5.32 Å². The van der Waals surface area contributed by atoms with Gasteiger partial charge in [0, 0.05) is 17.1 Å². The van der Waals surface area contributed by atoms with E-state index in [0.717, 1.165) is 23.6 Å². The van der Waals surface area contributed by atoms with E-state index >= 15 is 0 Å². The Morgan fingerprint density at radius 3 is 3.15 bits per heavy atom. The van der Waals surface area contributed by atoms with E-state index in [1.54, 1.807) is 0 Å². The Bertz CT molecular complexity index is 482. The number of aromatic nitrogens is 1. The van der Waals surface area contributed by atoms with Crippen molar-refractivity contribution in [3.8, 4) is 0 Å². The van der Waals surface area contributed by atoms with Crippen LogP contribution in [0, 0.1) is 0 Å². The predicted octanol–water partition coefficient (Wildman–Crippen LogP) is 2.30. The summed E-state index contributed by atoms with van der Waals surface area (Å²) < 4.78 is 0. The van der Waals surface area contributed by atoms with Gasteiger partial charge >= 0.3 is 0 Å². The number of rotatable bonds is 0. The molecule has 0 atom stereocenters. The molecule has 0 fully saturated rings. The molecule has 0 spiro atoms. The van der Waals surface area contributed by atoms with E-state index < -0.39 is 0 Å². The summed E-state index contributed by atoms with van der Waals surface area (Å²) in [7, 11) is 0. The van der Waals surface area contributed by atoms with Crippen molar-refractivity contribution < 1.29 is 0 Å². The SMILES string of the molecule is C1=Nc2[nH]c3ccccc3c2NC1. The normalized spacial score (nSPS) is 14.2. The highest BCUT2D eigenvalue weighted by molar-refractivity contribution is 6.01. The van der Waals surface area contributed by atoms with Crippen molar-refractivity contribution in [2.45, 2.75) is 0 Å². The van der Waals surface area contributed by atoms with Gasteiger partial charge in [-0.15, -0.1) is 0 Å². The molecule has 13 heavy (non-hydrogen) atoms. The molecule has 1 aromatic heterocycles. The molecule has 0 bridgehead atoms. The Hall–Kier alpha value is -1.77. The van der Waals surface area contributed by atoms with Crippen LogP contribution in [0.1, 0.15) is 0 Å². The second kappa shape index (κ2) is 2.36. The molecule has 1 aliphatic heterocycles. The van der Waals surface area contributed by atoms with Gasteiger partial charge in [-0.2, -0.15) is 0 Å². The topological polar surface area (TPSA) is 40.2 Å². The molecule has 0 amide bonds. The fourth-order valence-corrected chi connectivity index (χ4v) is 1.69. The molecule has 2 aromatic rings. The second-order valence-electron chi connectivity index (χ2n) is 3.09. The lowest BCUT2D eigenvalue weighted by Crippen LogP contribution is -2.05. The van der Waals surface area contributed by atoms with Crippen LogP contribution in [-0.2, 0) is 0 Å². The quantitative estimate of drug-likeness (QED) is 0.627. The summed E-state index contributed by atoms with van der Waals surface area (Å²) in [6.45, 7) is 0.814. The van der Waals surface area contributed by atoms with Crippen LogP contribution in [0.3, 0.4) is 0 Å². The number of aliphatic imine (C=N–C) groups is 1. The van der Waals surface area contributed by atoms with E-state index in [1.807, 2.05) is 18.3 Å². The van der Waals surface area contributed by atoms with E-state index in [0.29, 0.717) is 0 Å². The van der Waals surface area contributed by atoms with Gasteiger partial charge in [0.2, 0.25) is 0 Å². The monoisotopic (exact) mass is 171 g/mol. The highest BCUT2D eigenvalue weighted by atomic mass is 15.0.